The summed E-state index contributed by atoms with van der Waals surface area (Å²) in [6.45, 7) is 2.16. The van der Waals surface area contributed by atoms with E-state index < -0.39 is 0 Å². The summed E-state index contributed by atoms with van der Waals surface area (Å²) >= 11 is 0. The van der Waals surface area contributed by atoms with Crippen LogP contribution in [0.2, 0.25) is 0 Å². The molecular weight excluding hydrogens is 270 g/mol. The molecule has 1 heterocycles. The second kappa shape index (κ2) is 5.23. The Morgan fingerprint density at radius 1 is 0.773 bits per heavy atom. The highest BCUT2D eigenvalue weighted by Crippen LogP contribution is 2.50. The van der Waals surface area contributed by atoms with Gasteiger partial charge < -0.3 is 9.64 Å². The maximum atomic E-state index is 6.13. The Morgan fingerprint density at radius 2 is 1.50 bits per heavy atom. The third-order valence-electron chi connectivity index (χ3n) is 4.01. The number of rotatable bonds is 2. The molecule has 0 saturated carbocycles. The zero-order valence-corrected chi connectivity index (χ0v) is 12.5. The van der Waals surface area contributed by atoms with E-state index in [0.29, 0.717) is 0 Å². The number of hydrogen-bond acceptors (Lipinski definition) is 2. The van der Waals surface area contributed by atoms with Crippen molar-refractivity contribution in [1.82, 2.24) is 0 Å². The van der Waals surface area contributed by atoms with Crippen LogP contribution in [0.4, 0.5) is 17.1 Å². The summed E-state index contributed by atoms with van der Waals surface area (Å²) in [6, 6.07) is 25.0. The average Bonchev–Trinajstić information content (AvgIpc) is 2.59. The molecule has 2 nitrogen and oxygen atoms in total. The molecule has 0 amide bonds. The fourth-order valence-electron chi connectivity index (χ4n) is 2.88. The summed E-state index contributed by atoms with van der Waals surface area (Å²) in [6.07, 6.45) is 1.00. The molecular formula is C20H17NO. The standard InChI is InChI=1S/C20H17NO/c1-2-15-12-13-18-20(14-15)22-19-11-7-6-10-17(19)21(18)16-8-4-3-5-9-16/h3-14H,2H2,1H3. The summed E-state index contributed by atoms with van der Waals surface area (Å²) in [5.41, 5.74) is 4.59. The molecule has 0 aromatic heterocycles. The fourth-order valence-corrected chi connectivity index (χ4v) is 2.88. The number of nitrogens with zero attached hydrogens (tertiary/aromatic N) is 1. The molecule has 0 atom stereocenters. The first-order valence-electron chi connectivity index (χ1n) is 7.62. The Balaban J connectivity index is 1.94. The molecule has 0 bridgehead atoms. The number of hydrogen-bond donors (Lipinski definition) is 0. The molecule has 0 aliphatic carbocycles. The second-order valence-corrected chi connectivity index (χ2v) is 5.40. The Bertz CT molecular complexity index is 811. The van der Waals surface area contributed by atoms with Crippen LogP contribution in [0, 0.1) is 0 Å². The minimum Gasteiger partial charge on any atom is -0.453 e. The van der Waals surface area contributed by atoms with Gasteiger partial charge in [-0.15, -0.1) is 0 Å². The van der Waals surface area contributed by atoms with Gasteiger partial charge in [-0.2, -0.15) is 0 Å². The van der Waals surface area contributed by atoms with Gasteiger partial charge in [-0.3, -0.25) is 0 Å². The lowest BCUT2D eigenvalue weighted by atomic mass is 10.1. The minimum atomic E-state index is 0.895. The molecule has 0 spiro atoms. The molecule has 1 aliphatic heterocycles. The molecule has 3 aromatic carbocycles. The van der Waals surface area contributed by atoms with Crippen LogP contribution in [0.5, 0.6) is 11.5 Å². The van der Waals surface area contributed by atoms with Crippen LogP contribution in [0.15, 0.2) is 72.8 Å². The van der Waals surface area contributed by atoms with E-state index in [1.54, 1.807) is 0 Å². The van der Waals surface area contributed by atoms with Crippen LogP contribution in [0.25, 0.3) is 0 Å². The monoisotopic (exact) mass is 287 g/mol. The van der Waals surface area contributed by atoms with Crippen molar-refractivity contribution in [2.45, 2.75) is 13.3 Å². The van der Waals surface area contributed by atoms with Crippen molar-refractivity contribution in [2.75, 3.05) is 4.90 Å². The summed E-state index contributed by atoms with van der Waals surface area (Å²) in [7, 11) is 0. The zero-order chi connectivity index (χ0) is 14.9. The van der Waals surface area contributed by atoms with Gasteiger partial charge in [0.05, 0.1) is 11.4 Å². The largest absolute Gasteiger partial charge is 0.453 e. The van der Waals surface area contributed by atoms with E-state index in [9.17, 15) is 0 Å². The smallest absolute Gasteiger partial charge is 0.151 e. The van der Waals surface area contributed by atoms with Crippen LogP contribution in [0.1, 0.15) is 12.5 Å². The lowest BCUT2D eigenvalue weighted by molar-refractivity contribution is 0.476. The van der Waals surface area contributed by atoms with Crippen molar-refractivity contribution >= 4 is 17.1 Å². The van der Waals surface area contributed by atoms with Crippen LogP contribution in [0.3, 0.4) is 0 Å². The van der Waals surface area contributed by atoms with Crippen molar-refractivity contribution in [1.29, 1.82) is 0 Å². The van der Waals surface area contributed by atoms with Gasteiger partial charge in [-0.1, -0.05) is 43.3 Å². The van der Waals surface area contributed by atoms with E-state index in [0.717, 1.165) is 35.0 Å². The lowest BCUT2D eigenvalue weighted by Gasteiger charge is -2.33. The van der Waals surface area contributed by atoms with Gasteiger partial charge in [0, 0.05) is 5.69 Å². The fraction of sp³-hybridized carbons (Fsp3) is 0.100. The second-order valence-electron chi connectivity index (χ2n) is 5.40. The summed E-state index contributed by atoms with van der Waals surface area (Å²) in [5, 5.41) is 0. The van der Waals surface area contributed by atoms with Crippen molar-refractivity contribution in [3.05, 3.63) is 78.4 Å². The summed E-state index contributed by atoms with van der Waals surface area (Å²) in [5.74, 6) is 1.81. The van der Waals surface area contributed by atoms with Crippen LogP contribution < -0.4 is 9.64 Å². The first-order valence-corrected chi connectivity index (χ1v) is 7.62. The van der Waals surface area contributed by atoms with Gasteiger partial charge in [-0.25, -0.2) is 0 Å². The van der Waals surface area contributed by atoms with Crippen LogP contribution in [-0.2, 0) is 6.42 Å². The van der Waals surface area contributed by atoms with Crippen molar-refractivity contribution in [3.8, 4) is 11.5 Å². The molecule has 22 heavy (non-hydrogen) atoms. The van der Waals surface area contributed by atoms with Crippen LogP contribution in [-0.4, -0.2) is 0 Å². The predicted molar refractivity (Wildman–Crippen MR) is 90.6 cm³/mol. The summed E-state index contributed by atoms with van der Waals surface area (Å²) in [4.78, 5) is 2.26. The SMILES string of the molecule is CCc1ccc2c(c1)Oc1ccccc1N2c1ccccc1. The van der Waals surface area contributed by atoms with Gasteiger partial charge in [0.15, 0.2) is 11.5 Å². The predicted octanol–water partition coefficient (Wildman–Crippen LogP) is 5.82. The van der Waals surface area contributed by atoms with E-state index >= 15 is 0 Å². The van der Waals surface area contributed by atoms with Crippen molar-refractivity contribution < 1.29 is 4.74 Å². The van der Waals surface area contributed by atoms with E-state index in [1.807, 2.05) is 24.3 Å². The molecule has 1 aliphatic rings. The molecule has 0 saturated heterocycles. The van der Waals surface area contributed by atoms with Gasteiger partial charge in [0.1, 0.15) is 0 Å². The molecule has 0 fully saturated rings. The number of ether oxygens (including phenoxy) is 1. The lowest BCUT2D eigenvalue weighted by Crippen LogP contribution is -2.15. The number of fused-ring (bicyclic) bond motifs is 2. The first-order chi connectivity index (χ1) is 10.9. The molecule has 0 N–H and O–H groups in total. The number of para-hydroxylation sites is 3. The topological polar surface area (TPSA) is 12.5 Å². The van der Waals surface area contributed by atoms with Gasteiger partial charge in [0.2, 0.25) is 0 Å². The average molecular weight is 287 g/mol. The third kappa shape index (κ3) is 2.04. The summed E-state index contributed by atoms with van der Waals surface area (Å²) < 4.78 is 6.13. The number of anilines is 3. The highest BCUT2D eigenvalue weighted by molar-refractivity contribution is 5.86. The quantitative estimate of drug-likeness (QED) is 0.460. The Kier molecular flexibility index (Phi) is 3.08. The molecule has 2 heteroatoms. The minimum absolute atomic E-state index is 0.895. The Hall–Kier alpha value is -2.74. The van der Waals surface area contributed by atoms with E-state index in [2.05, 4.69) is 60.4 Å². The molecule has 108 valence electrons. The van der Waals surface area contributed by atoms with Crippen LogP contribution >= 0.6 is 0 Å². The van der Waals surface area contributed by atoms with Gasteiger partial charge in [-0.05, 0) is 48.4 Å². The maximum absolute atomic E-state index is 6.13. The Morgan fingerprint density at radius 3 is 2.32 bits per heavy atom. The highest BCUT2D eigenvalue weighted by atomic mass is 16.5. The van der Waals surface area contributed by atoms with Gasteiger partial charge >= 0.3 is 0 Å². The number of benzene rings is 3. The molecule has 3 aromatic rings. The normalized spacial score (nSPS) is 12.3. The van der Waals surface area contributed by atoms with Crippen molar-refractivity contribution in [3.63, 3.8) is 0 Å². The van der Waals surface area contributed by atoms with E-state index in [4.69, 9.17) is 4.74 Å². The maximum Gasteiger partial charge on any atom is 0.151 e. The Labute approximate surface area is 130 Å². The zero-order valence-electron chi connectivity index (χ0n) is 12.5. The van der Waals surface area contributed by atoms with E-state index in [1.165, 1.54) is 5.56 Å². The first kappa shape index (κ1) is 13.0. The third-order valence-corrected chi connectivity index (χ3v) is 4.01. The molecule has 0 radical (unpaired) electrons. The molecule has 4 rings (SSSR count). The highest BCUT2D eigenvalue weighted by Gasteiger charge is 2.25. The molecule has 0 unspecified atom stereocenters. The van der Waals surface area contributed by atoms with Crippen molar-refractivity contribution in [2.24, 2.45) is 0 Å². The number of aryl methyl sites for hydroxylation is 1. The van der Waals surface area contributed by atoms with Gasteiger partial charge in [0.25, 0.3) is 0 Å². The van der Waals surface area contributed by atoms with E-state index in [-0.39, 0.29) is 0 Å².